The van der Waals surface area contributed by atoms with E-state index < -0.39 is 10.0 Å². The van der Waals surface area contributed by atoms with Crippen LogP contribution >= 0.6 is 11.6 Å². The Morgan fingerprint density at radius 3 is 2.75 bits per heavy atom. The number of carbonyl (C=O) groups is 1. The van der Waals surface area contributed by atoms with E-state index in [-0.39, 0.29) is 27.4 Å². The molecule has 5 nitrogen and oxygen atoms in total. The Labute approximate surface area is 149 Å². The minimum absolute atomic E-state index is 0.0630. The van der Waals surface area contributed by atoms with E-state index in [9.17, 15) is 13.2 Å². The summed E-state index contributed by atoms with van der Waals surface area (Å²) in [7, 11) is -3.66. The van der Waals surface area contributed by atoms with Crippen molar-refractivity contribution in [3.05, 3.63) is 28.8 Å². The van der Waals surface area contributed by atoms with Crippen molar-refractivity contribution in [2.24, 2.45) is 5.92 Å². The summed E-state index contributed by atoms with van der Waals surface area (Å²) in [5.74, 6) is 0.302. The van der Waals surface area contributed by atoms with Gasteiger partial charge < -0.3 is 4.90 Å². The minimum Gasteiger partial charge on any atom is -0.338 e. The van der Waals surface area contributed by atoms with Crippen molar-refractivity contribution in [3.63, 3.8) is 0 Å². The van der Waals surface area contributed by atoms with Crippen molar-refractivity contribution in [2.75, 3.05) is 13.1 Å². The molecule has 1 heterocycles. The van der Waals surface area contributed by atoms with Crippen molar-refractivity contribution in [3.8, 4) is 0 Å². The molecule has 1 atom stereocenters. The highest BCUT2D eigenvalue weighted by atomic mass is 35.5. The molecule has 7 heteroatoms. The topological polar surface area (TPSA) is 66.5 Å². The number of amides is 1. The molecule has 134 valence electrons. The molecule has 1 saturated heterocycles. The zero-order chi connectivity index (χ0) is 17.9. The number of nitrogens with zero attached hydrogens (tertiary/aromatic N) is 1. The van der Waals surface area contributed by atoms with E-state index in [1.165, 1.54) is 18.2 Å². The molecule has 1 aromatic rings. The molecule has 0 spiro atoms. The number of halogens is 1. The third kappa shape index (κ3) is 4.49. The maximum Gasteiger partial charge on any atom is 0.255 e. The number of nitrogens with one attached hydrogen (secondary N) is 1. The predicted molar refractivity (Wildman–Crippen MR) is 95.8 cm³/mol. The highest BCUT2D eigenvalue weighted by Crippen LogP contribution is 2.25. The molecule has 0 aliphatic carbocycles. The maximum atomic E-state index is 12.8. The Balaban J connectivity index is 2.30. The van der Waals surface area contributed by atoms with Crippen LogP contribution in [0.5, 0.6) is 0 Å². The fraction of sp³-hybridized carbons (Fsp3) is 0.588. The molecular formula is C17H25ClN2O3S. The van der Waals surface area contributed by atoms with E-state index >= 15 is 0 Å². The standard InChI is InChI=1S/C17H25ClN2O3S/c1-4-13-6-5-9-20(11-13)17(21)15-10-14(7-8-16(15)18)24(22,23)19-12(2)3/h7-8,10,12-13,19H,4-6,9,11H2,1-3H3. The van der Waals surface area contributed by atoms with Gasteiger partial charge in [-0.15, -0.1) is 0 Å². The normalized spacial score (nSPS) is 18.9. The first-order chi connectivity index (χ1) is 11.2. The number of likely N-dealkylation sites (tertiary alicyclic amines) is 1. The summed E-state index contributed by atoms with van der Waals surface area (Å²) in [6.07, 6.45) is 3.12. The van der Waals surface area contributed by atoms with Gasteiger partial charge in [-0.05, 0) is 50.8 Å². The van der Waals surface area contributed by atoms with Crippen molar-refractivity contribution in [1.82, 2.24) is 9.62 Å². The second-order valence-electron chi connectivity index (χ2n) is 6.59. The first-order valence-corrected chi connectivity index (χ1v) is 10.2. The van der Waals surface area contributed by atoms with E-state index in [1.54, 1.807) is 18.7 Å². The Kier molecular flexibility index (Phi) is 6.28. The molecule has 1 aliphatic rings. The maximum absolute atomic E-state index is 12.8. The largest absolute Gasteiger partial charge is 0.338 e. The van der Waals surface area contributed by atoms with Crippen LogP contribution < -0.4 is 4.72 Å². The number of rotatable bonds is 5. The number of hydrogen-bond acceptors (Lipinski definition) is 3. The lowest BCUT2D eigenvalue weighted by atomic mass is 9.95. The number of piperidine rings is 1. The van der Waals surface area contributed by atoms with Gasteiger partial charge >= 0.3 is 0 Å². The molecule has 2 rings (SSSR count). The molecule has 24 heavy (non-hydrogen) atoms. The average Bonchev–Trinajstić information content (AvgIpc) is 2.53. The summed E-state index contributed by atoms with van der Waals surface area (Å²) in [6.45, 7) is 7.01. The van der Waals surface area contributed by atoms with Crippen LogP contribution in [-0.4, -0.2) is 38.4 Å². The lowest BCUT2D eigenvalue weighted by Crippen LogP contribution is -2.40. The molecule has 0 aromatic heterocycles. The van der Waals surface area contributed by atoms with Gasteiger partial charge in [-0.2, -0.15) is 0 Å². The first-order valence-electron chi connectivity index (χ1n) is 8.35. The summed E-state index contributed by atoms with van der Waals surface area (Å²) >= 11 is 6.17. The molecule has 1 N–H and O–H groups in total. The summed E-state index contributed by atoms with van der Waals surface area (Å²) in [6, 6.07) is 4.06. The third-order valence-electron chi connectivity index (χ3n) is 4.25. The number of hydrogen-bond donors (Lipinski definition) is 1. The van der Waals surface area contributed by atoms with Gasteiger partial charge in [-0.1, -0.05) is 24.9 Å². The smallest absolute Gasteiger partial charge is 0.255 e. The van der Waals surface area contributed by atoms with Gasteiger partial charge in [-0.25, -0.2) is 13.1 Å². The molecular weight excluding hydrogens is 348 g/mol. The fourth-order valence-electron chi connectivity index (χ4n) is 2.97. The Morgan fingerprint density at radius 2 is 2.12 bits per heavy atom. The Bertz CT molecular complexity index is 704. The monoisotopic (exact) mass is 372 g/mol. The number of carbonyl (C=O) groups excluding carboxylic acids is 1. The van der Waals surface area contributed by atoms with Gasteiger partial charge in [0.2, 0.25) is 10.0 Å². The van der Waals surface area contributed by atoms with Gasteiger partial charge in [-0.3, -0.25) is 4.79 Å². The van der Waals surface area contributed by atoms with Crippen LogP contribution in [0.4, 0.5) is 0 Å². The van der Waals surface area contributed by atoms with Gasteiger partial charge in [0.15, 0.2) is 0 Å². The van der Waals surface area contributed by atoms with E-state index in [2.05, 4.69) is 11.6 Å². The van der Waals surface area contributed by atoms with Crippen LogP contribution in [0.1, 0.15) is 50.4 Å². The summed E-state index contributed by atoms with van der Waals surface area (Å²) in [5.41, 5.74) is 0.250. The zero-order valence-electron chi connectivity index (χ0n) is 14.4. The first kappa shape index (κ1) is 19.2. The van der Waals surface area contributed by atoms with Crippen LogP contribution in [0.2, 0.25) is 5.02 Å². The third-order valence-corrected chi connectivity index (χ3v) is 6.24. The predicted octanol–water partition coefficient (Wildman–Crippen LogP) is 3.29. The van der Waals surface area contributed by atoms with E-state index in [0.717, 1.165) is 19.3 Å². The van der Waals surface area contributed by atoms with Gasteiger partial charge in [0.1, 0.15) is 0 Å². The van der Waals surface area contributed by atoms with E-state index in [4.69, 9.17) is 11.6 Å². The molecule has 1 aliphatic heterocycles. The molecule has 0 radical (unpaired) electrons. The number of sulfonamides is 1. The molecule has 1 aromatic carbocycles. The quantitative estimate of drug-likeness (QED) is 0.862. The Morgan fingerprint density at radius 1 is 1.42 bits per heavy atom. The van der Waals surface area contributed by atoms with Crippen molar-refractivity contribution in [1.29, 1.82) is 0 Å². The van der Waals surface area contributed by atoms with Crippen molar-refractivity contribution < 1.29 is 13.2 Å². The van der Waals surface area contributed by atoms with Crippen molar-refractivity contribution in [2.45, 2.75) is 51.0 Å². The number of benzene rings is 1. The highest BCUT2D eigenvalue weighted by Gasteiger charge is 2.26. The molecule has 1 unspecified atom stereocenters. The van der Waals surface area contributed by atoms with E-state index in [0.29, 0.717) is 19.0 Å². The van der Waals surface area contributed by atoms with Gasteiger partial charge in [0, 0.05) is 19.1 Å². The van der Waals surface area contributed by atoms with Gasteiger partial charge in [0.25, 0.3) is 5.91 Å². The minimum atomic E-state index is -3.66. The summed E-state index contributed by atoms with van der Waals surface area (Å²) in [4.78, 5) is 14.7. The van der Waals surface area contributed by atoms with Crippen molar-refractivity contribution >= 4 is 27.5 Å². The van der Waals surface area contributed by atoms with E-state index in [1.807, 2.05) is 0 Å². The van der Waals surface area contributed by atoms with Crippen LogP contribution in [-0.2, 0) is 10.0 Å². The molecule has 0 bridgehead atoms. The zero-order valence-corrected chi connectivity index (χ0v) is 16.0. The van der Waals surface area contributed by atoms with Crippen LogP contribution in [0, 0.1) is 5.92 Å². The highest BCUT2D eigenvalue weighted by molar-refractivity contribution is 7.89. The van der Waals surface area contributed by atoms with Crippen LogP contribution in [0.15, 0.2) is 23.1 Å². The summed E-state index contributed by atoms with van der Waals surface area (Å²) in [5, 5.41) is 0.280. The summed E-state index contributed by atoms with van der Waals surface area (Å²) < 4.78 is 27.2. The lowest BCUT2D eigenvalue weighted by Gasteiger charge is -2.32. The Hall–Kier alpha value is -1.11. The average molecular weight is 373 g/mol. The molecule has 1 fully saturated rings. The molecule has 1 amide bonds. The lowest BCUT2D eigenvalue weighted by molar-refractivity contribution is 0.0671. The SMILES string of the molecule is CCC1CCCN(C(=O)c2cc(S(=O)(=O)NC(C)C)ccc2Cl)C1. The second-order valence-corrected chi connectivity index (χ2v) is 8.71. The molecule has 0 saturated carbocycles. The van der Waals surface area contributed by atoms with Crippen LogP contribution in [0.3, 0.4) is 0 Å². The second kappa shape index (κ2) is 7.85. The van der Waals surface area contributed by atoms with Gasteiger partial charge in [0.05, 0.1) is 15.5 Å². The fourth-order valence-corrected chi connectivity index (χ4v) is 4.44. The van der Waals surface area contributed by atoms with Crippen LogP contribution in [0.25, 0.3) is 0 Å².